The van der Waals surface area contributed by atoms with Crippen molar-refractivity contribution in [3.8, 4) is 11.5 Å². The third-order valence-corrected chi connectivity index (χ3v) is 3.37. The summed E-state index contributed by atoms with van der Waals surface area (Å²) in [4.78, 5) is 35.7. The van der Waals surface area contributed by atoms with Gasteiger partial charge in [0.25, 0.3) is 5.91 Å². The van der Waals surface area contributed by atoms with Crippen LogP contribution in [0.15, 0.2) is 24.3 Å². The molecule has 2 N–H and O–H groups in total. The maximum atomic E-state index is 12.4. The Hall–Kier alpha value is -2.77. The van der Waals surface area contributed by atoms with Gasteiger partial charge in [-0.05, 0) is 26.0 Å². The van der Waals surface area contributed by atoms with Gasteiger partial charge < -0.3 is 24.8 Å². The number of nitrogens with one attached hydrogen (secondary N) is 1. The monoisotopic (exact) mass is 352 g/mol. The maximum absolute atomic E-state index is 12.4. The fraction of sp³-hybridized carbons (Fsp3) is 0.471. The quantitative estimate of drug-likeness (QED) is 0.648. The largest absolute Gasteiger partial charge is 0.490 e. The van der Waals surface area contributed by atoms with Crippen LogP contribution in [0.3, 0.4) is 0 Å². The SMILES string of the molecule is CCOc1ccccc1OCC(=O)N(CCNC(C)=O)C(C)C(=O)O. The number of nitrogens with zero attached hydrogens (tertiary/aromatic N) is 1. The van der Waals surface area contributed by atoms with Gasteiger partial charge in [0.1, 0.15) is 6.04 Å². The van der Waals surface area contributed by atoms with Crippen LogP contribution in [0.2, 0.25) is 0 Å². The number of hydrogen-bond donors (Lipinski definition) is 2. The molecule has 1 aromatic carbocycles. The zero-order valence-electron chi connectivity index (χ0n) is 14.7. The van der Waals surface area contributed by atoms with Gasteiger partial charge in [-0.3, -0.25) is 9.59 Å². The van der Waals surface area contributed by atoms with Crippen LogP contribution in [0.25, 0.3) is 0 Å². The van der Waals surface area contributed by atoms with E-state index in [0.29, 0.717) is 18.1 Å². The molecular formula is C17H24N2O6. The van der Waals surface area contributed by atoms with Crippen LogP contribution < -0.4 is 14.8 Å². The summed E-state index contributed by atoms with van der Waals surface area (Å²) >= 11 is 0. The molecule has 25 heavy (non-hydrogen) atoms. The van der Waals surface area contributed by atoms with Crippen molar-refractivity contribution in [2.24, 2.45) is 0 Å². The van der Waals surface area contributed by atoms with Crippen molar-refractivity contribution in [1.82, 2.24) is 10.2 Å². The van der Waals surface area contributed by atoms with Crippen LogP contribution in [-0.2, 0) is 14.4 Å². The fourth-order valence-electron chi connectivity index (χ4n) is 2.09. The molecule has 0 saturated carbocycles. The molecule has 0 saturated heterocycles. The summed E-state index contributed by atoms with van der Waals surface area (Å²) in [5, 5.41) is 11.7. The molecule has 1 unspecified atom stereocenters. The molecule has 0 spiro atoms. The molecule has 0 bridgehead atoms. The molecule has 1 aromatic rings. The number of carbonyl (C=O) groups is 3. The summed E-state index contributed by atoms with van der Waals surface area (Å²) in [6.07, 6.45) is 0. The number of amides is 2. The van der Waals surface area contributed by atoms with E-state index in [-0.39, 0.29) is 25.6 Å². The molecule has 1 rings (SSSR count). The number of hydrogen-bond acceptors (Lipinski definition) is 5. The van der Waals surface area contributed by atoms with Gasteiger partial charge >= 0.3 is 5.97 Å². The Bertz CT molecular complexity index is 605. The van der Waals surface area contributed by atoms with Crippen LogP contribution in [-0.4, -0.2) is 60.1 Å². The minimum Gasteiger partial charge on any atom is -0.490 e. The van der Waals surface area contributed by atoms with Gasteiger partial charge in [0.2, 0.25) is 5.91 Å². The number of carboxylic acids is 1. The molecule has 1 atom stereocenters. The standard InChI is InChI=1S/C17H24N2O6/c1-4-24-14-7-5-6-8-15(14)25-11-16(21)19(12(2)17(22)23)10-9-18-13(3)20/h5-8,12H,4,9-11H2,1-3H3,(H,18,20)(H,22,23). The lowest BCUT2D eigenvalue weighted by molar-refractivity contribution is -0.150. The first-order chi connectivity index (χ1) is 11.9. The van der Waals surface area contributed by atoms with Crippen LogP contribution in [0.5, 0.6) is 11.5 Å². The van der Waals surface area contributed by atoms with E-state index in [2.05, 4.69) is 5.32 Å². The Labute approximate surface area is 146 Å². The Balaban J connectivity index is 2.74. The minimum absolute atomic E-state index is 0.0718. The van der Waals surface area contributed by atoms with Gasteiger partial charge in [0, 0.05) is 20.0 Å². The van der Waals surface area contributed by atoms with Crippen molar-refractivity contribution in [2.75, 3.05) is 26.3 Å². The Morgan fingerprint density at radius 1 is 1.20 bits per heavy atom. The summed E-state index contributed by atoms with van der Waals surface area (Å²) in [6.45, 7) is 4.94. The first-order valence-corrected chi connectivity index (χ1v) is 7.98. The van der Waals surface area contributed by atoms with Gasteiger partial charge in [-0.15, -0.1) is 0 Å². The first-order valence-electron chi connectivity index (χ1n) is 7.98. The smallest absolute Gasteiger partial charge is 0.326 e. The van der Waals surface area contributed by atoms with Crippen molar-refractivity contribution in [2.45, 2.75) is 26.8 Å². The average Bonchev–Trinajstić information content (AvgIpc) is 2.57. The number of carbonyl (C=O) groups excluding carboxylic acids is 2. The first kappa shape index (κ1) is 20.3. The lowest BCUT2D eigenvalue weighted by atomic mass is 10.2. The number of ether oxygens (including phenoxy) is 2. The summed E-state index contributed by atoms with van der Waals surface area (Å²) in [5.74, 6) is -0.967. The molecule has 2 amide bonds. The molecule has 0 aromatic heterocycles. The van der Waals surface area contributed by atoms with Crippen molar-refractivity contribution in [3.63, 3.8) is 0 Å². The van der Waals surface area contributed by atoms with Crippen molar-refractivity contribution >= 4 is 17.8 Å². The van der Waals surface area contributed by atoms with E-state index in [4.69, 9.17) is 14.6 Å². The van der Waals surface area contributed by atoms with Gasteiger partial charge in [-0.1, -0.05) is 12.1 Å². The van der Waals surface area contributed by atoms with Crippen LogP contribution in [0.1, 0.15) is 20.8 Å². The molecule has 0 aliphatic rings. The maximum Gasteiger partial charge on any atom is 0.326 e. The van der Waals surface area contributed by atoms with Gasteiger partial charge in [0.05, 0.1) is 6.61 Å². The molecule has 0 aliphatic heterocycles. The number of para-hydroxylation sites is 2. The van der Waals surface area contributed by atoms with E-state index in [9.17, 15) is 14.4 Å². The van der Waals surface area contributed by atoms with Crippen molar-refractivity contribution in [3.05, 3.63) is 24.3 Å². The fourth-order valence-corrected chi connectivity index (χ4v) is 2.09. The Kier molecular flexibility index (Phi) is 8.25. The van der Waals surface area contributed by atoms with E-state index in [0.717, 1.165) is 4.90 Å². The Morgan fingerprint density at radius 2 is 1.80 bits per heavy atom. The van der Waals surface area contributed by atoms with Crippen molar-refractivity contribution < 1.29 is 29.0 Å². The molecule has 8 heteroatoms. The summed E-state index contributed by atoms with van der Waals surface area (Å²) in [5.41, 5.74) is 0. The second-order valence-electron chi connectivity index (χ2n) is 5.25. The zero-order chi connectivity index (χ0) is 18.8. The third kappa shape index (κ3) is 6.70. The highest BCUT2D eigenvalue weighted by molar-refractivity contribution is 5.84. The van der Waals surface area contributed by atoms with Gasteiger partial charge in [-0.25, -0.2) is 4.79 Å². The van der Waals surface area contributed by atoms with Gasteiger partial charge in [0.15, 0.2) is 18.1 Å². The molecule has 0 aliphatic carbocycles. The zero-order valence-corrected chi connectivity index (χ0v) is 14.7. The van der Waals surface area contributed by atoms with Crippen molar-refractivity contribution in [1.29, 1.82) is 0 Å². The lowest BCUT2D eigenvalue weighted by Crippen LogP contribution is -2.48. The summed E-state index contributed by atoms with van der Waals surface area (Å²) in [6, 6.07) is 5.88. The topological polar surface area (TPSA) is 105 Å². The highest BCUT2D eigenvalue weighted by Crippen LogP contribution is 2.26. The lowest BCUT2D eigenvalue weighted by Gasteiger charge is -2.26. The molecule has 0 radical (unpaired) electrons. The number of carboxylic acid groups (broad SMARTS) is 1. The predicted molar refractivity (Wildman–Crippen MR) is 90.6 cm³/mol. The van der Waals surface area contributed by atoms with Gasteiger partial charge in [-0.2, -0.15) is 0 Å². The number of benzene rings is 1. The van der Waals surface area contributed by atoms with E-state index in [1.807, 2.05) is 6.92 Å². The van der Waals surface area contributed by atoms with E-state index < -0.39 is 17.9 Å². The second-order valence-corrected chi connectivity index (χ2v) is 5.25. The molecule has 0 fully saturated rings. The van der Waals surface area contributed by atoms with E-state index in [1.165, 1.54) is 13.8 Å². The molecule has 8 nitrogen and oxygen atoms in total. The average molecular weight is 352 g/mol. The number of aliphatic carboxylic acids is 1. The Morgan fingerprint density at radius 3 is 2.32 bits per heavy atom. The van der Waals surface area contributed by atoms with E-state index in [1.54, 1.807) is 24.3 Å². The number of rotatable bonds is 10. The molecule has 0 heterocycles. The molecular weight excluding hydrogens is 328 g/mol. The van der Waals surface area contributed by atoms with Crippen LogP contribution in [0, 0.1) is 0 Å². The van der Waals surface area contributed by atoms with Crippen LogP contribution in [0.4, 0.5) is 0 Å². The molecule has 138 valence electrons. The minimum atomic E-state index is -1.13. The van der Waals surface area contributed by atoms with Crippen LogP contribution >= 0.6 is 0 Å². The highest BCUT2D eigenvalue weighted by atomic mass is 16.5. The third-order valence-electron chi connectivity index (χ3n) is 3.37. The van der Waals surface area contributed by atoms with E-state index >= 15 is 0 Å². The summed E-state index contributed by atoms with van der Waals surface area (Å²) < 4.78 is 10.9. The second kappa shape index (κ2) is 10.2. The highest BCUT2D eigenvalue weighted by Gasteiger charge is 2.25. The summed E-state index contributed by atoms with van der Waals surface area (Å²) in [7, 11) is 0. The predicted octanol–water partition coefficient (Wildman–Crippen LogP) is 0.902. The normalized spacial score (nSPS) is 11.3.